The van der Waals surface area contributed by atoms with E-state index in [1.165, 1.54) is 0 Å². The van der Waals surface area contributed by atoms with E-state index in [-0.39, 0.29) is 11.9 Å². The van der Waals surface area contributed by atoms with Crippen LogP contribution in [0.2, 0.25) is 0 Å². The van der Waals surface area contributed by atoms with Gasteiger partial charge in [-0.05, 0) is 38.0 Å². The number of benzene rings is 1. The van der Waals surface area contributed by atoms with Crippen molar-refractivity contribution in [2.75, 3.05) is 13.7 Å². The lowest BCUT2D eigenvalue weighted by atomic mass is 10.1. The lowest BCUT2D eigenvalue weighted by molar-refractivity contribution is -0.130. The van der Waals surface area contributed by atoms with E-state index in [4.69, 9.17) is 4.74 Å². The van der Waals surface area contributed by atoms with Gasteiger partial charge in [0.15, 0.2) is 0 Å². The van der Waals surface area contributed by atoms with E-state index < -0.39 is 0 Å². The first-order valence-electron chi connectivity index (χ1n) is 6.51. The quantitative estimate of drug-likeness (QED) is 0.733. The zero-order valence-corrected chi connectivity index (χ0v) is 12.3. The first-order chi connectivity index (χ1) is 8.95. The summed E-state index contributed by atoms with van der Waals surface area (Å²) in [5.41, 5.74) is 2.20. The maximum Gasteiger partial charge on any atom is 0.219 e. The van der Waals surface area contributed by atoms with Gasteiger partial charge in [-0.25, -0.2) is 0 Å². The van der Waals surface area contributed by atoms with Crippen molar-refractivity contribution in [2.45, 2.75) is 33.2 Å². The molecule has 104 valence electrons. The van der Waals surface area contributed by atoms with E-state index in [1.54, 1.807) is 14.0 Å². The largest absolute Gasteiger partial charge is 0.497 e. The maximum absolute atomic E-state index is 11.8. The number of methoxy groups -OCH3 is 1. The molecular weight excluding hydrogens is 238 g/mol. The monoisotopic (exact) mass is 261 g/mol. The second kappa shape index (κ2) is 6.98. The van der Waals surface area contributed by atoms with Crippen LogP contribution < -0.4 is 4.74 Å². The molecule has 0 radical (unpaired) electrons. The van der Waals surface area contributed by atoms with Crippen LogP contribution in [0, 0.1) is 0 Å². The molecule has 0 spiro atoms. The fraction of sp³-hybridized carbons (Fsp3) is 0.438. The summed E-state index contributed by atoms with van der Waals surface area (Å²) >= 11 is 0. The molecule has 0 aliphatic heterocycles. The SMILES string of the molecule is C=C(C)CCN(C(C)=O)[C@@H](C)c1ccc(OC)cc1. The Labute approximate surface area is 115 Å². The third kappa shape index (κ3) is 4.43. The maximum atomic E-state index is 11.8. The van der Waals surface area contributed by atoms with Gasteiger partial charge in [0.2, 0.25) is 5.91 Å². The third-order valence-corrected chi connectivity index (χ3v) is 3.25. The van der Waals surface area contributed by atoms with Gasteiger partial charge in [0.05, 0.1) is 13.2 Å². The van der Waals surface area contributed by atoms with E-state index in [9.17, 15) is 4.79 Å². The van der Waals surface area contributed by atoms with Crippen LogP contribution in [0.5, 0.6) is 5.75 Å². The molecular formula is C16H23NO2. The zero-order valence-electron chi connectivity index (χ0n) is 12.3. The molecule has 19 heavy (non-hydrogen) atoms. The van der Waals surface area contributed by atoms with Crippen molar-refractivity contribution in [3.63, 3.8) is 0 Å². The second-order valence-corrected chi connectivity index (χ2v) is 4.87. The first kappa shape index (κ1) is 15.3. The van der Waals surface area contributed by atoms with Gasteiger partial charge in [-0.1, -0.05) is 17.7 Å². The van der Waals surface area contributed by atoms with Crippen molar-refractivity contribution < 1.29 is 9.53 Å². The summed E-state index contributed by atoms with van der Waals surface area (Å²) in [6.45, 7) is 10.2. The predicted octanol–water partition coefficient (Wildman–Crippen LogP) is 3.57. The van der Waals surface area contributed by atoms with Crippen LogP contribution in [-0.2, 0) is 4.79 Å². The van der Waals surface area contributed by atoms with Crippen molar-refractivity contribution in [1.29, 1.82) is 0 Å². The van der Waals surface area contributed by atoms with Gasteiger partial charge in [-0.15, -0.1) is 6.58 Å². The van der Waals surface area contributed by atoms with Crippen LogP contribution in [0.25, 0.3) is 0 Å². The van der Waals surface area contributed by atoms with E-state index in [0.717, 1.165) is 23.3 Å². The number of carbonyl (C=O) groups is 1. The molecule has 0 aromatic heterocycles. The molecule has 0 fully saturated rings. The van der Waals surface area contributed by atoms with E-state index in [2.05, 4.69) is 6.58 Å². The summed E-state index contributed by atoms with van der Waals surface area (Å²) in [5, 5.41) is 0. The number of ether oxygens (including phenoxy) is 1. The minimum absolute atomic E-state index is 0.0581. The van der Waals surface area contributed by atoms with Crippen molar-refractivity contribution >= 4 is 5.91 Å². The first-order valence-corrected chi connectivity index (χ1v) is 6.51. The molecule has 0 saturated carbocycles. The minimum Gasteiger partial charge on any atom is -0.497 e. The Kier molecular flexibility index (Phi) is 5.61. The molecule has 0 heterocycles. The van der Waals surface area contributed by atoms with Crippen molar-refractivity contribution in [3.05, 3.63) is 42.0 Å². The van der Waals surface area contributed by atoms with Crippen LogP contribution in [0.3, 0.4) is 0 Å². The predicted molar refractivity (Wildman–Crippen MR) is 78.2 cm³/mol. The number of hydrogen-bond acceptors (Lipinski definition) is 2. The second-order valence-electron chi connectivity index (χ2n) is 4.87. The van der Waals surface area contributed by atoms with Gasteiger partial charge in [0.25, 0.3) is 0 Å². The molecule has 1 aromatic rings. The van der Waals surface area contributed by atoms with Crippen molar-refractivity contribution in [1.82, 2.24) is 4.90 Å². The molecule has 1 aromatic carbocycles. The van der Waals surface area contributed by atoms with E-state index >= 15 is 0 Å². The molecule has 1 atom stereocenters. The Morgan fingerprint density at radius 3 is 2.32 bits per heavy atom. The third-order valence-electron chi connectivity index (χ3n) is 3.25. The molecule has 0 saturated heterocycles. The molecule has 1 rings (SSSR count). The standard InChI is InChI=1S/C16H23NO2/c1-12(2)10-11-17(14(4)18)13(3)15-6-8-16(19-5)9-7-15/h6-9,13H,1,10-11H2,2-5H3/t13-/m0/s1. The Bertz CT molecular complexity index is 437. The van der Waals surface area contributed by atoms with Crippen LogP contribution in [0.4, 0.5) is 0 Å². The molecule has 0 unspecified atom stereocenters. The average molecular weight is 261 g/mol. The smallest absolute Gasteiger partial charge is 0.219 e. The Hall–Kier alpha value is -1.77. The molecule has 0 aliphatic carbocycles. The summed E-state index contributed by atoms with van der Waals surface area (Å²) in [6, 6.07) is 7.90. The highest BCUT2D eigenvalue weighted by molar-refractivity contribution is 5.73. The van der Waals surface area contributed by atoms with Gasteiger partial charge in [0.1, 0.15) is 5.75 Å². The lowest BCUT2D eigenvalue weighted by Gasteiger charge is -2.28. The van der Waals surface area contributed by atoms with Gasteiger partial charge in [-0.3, -0.25) is 4.79 Å². The lowest BCUT2D eigenvalue weighted by Crippen LogP contribution is -2.32. The summed E-state index contributed by atoms with van der Waals surface area (Å²) in [5.74, 6) is 0.914. The minimum atomic E-state index is 0.0581. The molecule has 3 heteroatoms. The van der Waals surface area contributed by atoms with Crippen LogP contribution in [0.1, 0.15) is 38.8 Å². The zero-order chi connectivity index (χ0) is 14.4. The van der Waals surface area contributed by atoms with Crippen LogP contribution in [0.15, 0.2) is 36.4 Å². The molecule has 0 N–H and O–H groups in total. The summed E-state index contributed by atoms with van der Waals surface area (Å²) in [4.78, 5) is 13.6. The highest BCUT2D eigenvalue weighted by Gasteiger charge is 2.18. The van der Waals surface area contributed by atoms with Crippen LogP contribution in [-0.4, -0.2) is 24.5 Å². The van der Waals surface area contributed by atoms with Gasteiger partial charge in [-0.2, -0.15) is 0 Å². The number of rotatable bonds is 6. The fourth-order valence-corrected chi connectivity index (χ4v) is 2.00. The summed E-state index contributed by atoms with van der Waals surface area (Å²) in [6.07, 6.45) is 0.833. The topological polar surface area (TPSA) is 29.5 Å². The normalized spacial score (nSPS) is 11.8. The summed E-state index contributed by atoms with van der Waals surface area (Å²) in [7, 11) is 1.65. The molecule has 1 amide bonds. The van der Waals surface area contributed by atoms with Crippen molar-refractivity contribution in [2.24, 2.45) is 0 Å². The van der Waals surface area contributed by atoms with Gasteiger partial charge in [0, 0.05) is 13.5 Å². The average Bonchev–Trinajstić information content (AvgIpc) is 2.38. The van der Waals surface area contributed by atoms with E-state index in [0.29, 0.717) is 6.54 Å². The number of carbonyl (C=O) groups excluding carboxylic acids is 1. The summed E-state index contributed by atoms with van der Waals surface area (Å²) < 4.78 is 5.14. The Morgan fingerprint density at radius 1 is 1.32 bits per heavy atom. The Morgan fingerprint density at radius 2 is 1.89 bits per heavy atom. The highest BCUT2D eigenvalue weighted by Crippen LogP contribution is 2.23. The van der Waals surface area contributed by atoms with Gasteiger partial charge >= 0.3 is 0 Å². The number of amides is 1. The van der Waals surface area contributed by atoms with Gasteiger partial charge < -0.3 is 9.64 Å². The van der Waals surface area contributed by atoms with Crippen molar-refractivity contribution in [3.8, 4) is 5.75 Å². The Balaban J connectivity index is 2.82. The van der Waals surface area contributed by atoms with E-state index in [1.807, 2.05) is 43.0 Å². The molecule has 0 aliphatic rings. The number of nitrogens with zero attached hydrogens (tertiary/aromatic N) is 1. The highest BCUT2D eigenvalue weighted by atomic mass is 16.5. The molecule has 0 bridgehead atoms. The fourth-order valence-electron chi connectivity index (χ4n) is 2.00. The van der Waals surface area contributed by atoms with Crippen LogP contribution >= 0.6 is 0 Å². The number of hydrogen-bond donors (Lipinski definition) is 0. The molecule has 3 nitrogen and oxygen atoms in total.